The average Bonchev–Trinajstić information content (AvgIpc) is 3.33. The maximum absolute atomic E-state index is 14.7. The molecule has 9 aromatic carbocycles. The summed E-state index contributed by atoms with van der Waals surface area (Å²) < 4.78 is 27.6. The lowest BCUT2D eigenvalue weighted by Gasteiger charge is -2.32. The van der Waals surface area contributed by atoms with E-state index < -0.39 is 36.8 Å². The SMILES string of the molecule is Cc1ccc(Oc2cc3c4c(cc(Oc5ccc(C)cc5)c5c6c(Oc7ccc(C)cc7)cc7c8c(cc(Oc9ccc(C)cc9)c(c2c45)c86)C(=O)N(CCO)C7=O)C(=O)N(CCO)C3=O)cc1. The van der Waals surface area contributed by atoms with Gasteiger partial charge in [-0.15, -0.1) is 0 Å². The zero-order valence-corrected chi connectivity index (χ0v) is 37.4. The highest BCUT2D eigenvalue weighted by Gasteiger charge is 2.41. The summed E-state index contributed by atoms with van der Waals surface area (Å²) >= 11 is 0. The summed E-state index contributed by atoms with van der Waals surface area (Å²) in [4.78, 5) is 61.0. The van der Waals surface area contributed by atoms with Crippen LogP contribution in [0.3, 0.4) is 0 Å². The van der Waals surface area contributed by atoms with E-state index in [9.17, 15) is 29.4 Å². The molecule has 0 saturated carbocycles. The highest BCUT2D eigenvalue weighted by molar-refractivity contribution is 6.44. The van der Waals surface area contributed by atoms with Crippen LogP contribution in [0.15, 0.2) is 121 Å². The quantitative estimate of drug-likeness (QED) is 0.0688. The Morgan fingerprint density at radius 1 is 0.338 bits per heavy atom. The molecule has 2 N–H and O–H groups in total. The van der Waals surface area contributed by atoms with Gasteiger partial charge < -0.3 is 29.2 Å². The lowest BCUT2D eigenvalue weighted by atomic mass is 9.80. The summed E-state index contributed by atoms with van der Waals surface area (Å²) in [5.41, 5.74) is 4.49. The molecule has 0 spiro atoms. The van der Waals surface area contributed by atoms with Crippen molar-refractivity contribution in [1.29, 1.82) is 0 Å². The zero-order valence-electron chi connectivity index (χ0n) is 37.4. The first-order valence-electron chi connectivity index (χ1n) is 22.2. The number of β-amino-alcohol motifs (C(OH)–C–C–N with tert-alkyl or cyclic N) is 2. The third-order valence-electron chi connectivity index (χ3n) is 12.7. The van der Waals surface area contributed by atoms with Gasteiger partial charge in [-0.25, -0.2) is 0 Å². The second kappa shape index (κ2) is 16.2. The molecule has 0 aromatic heterocycles. The second-order valence-electron chi connectivity index (χ2n) is 17.3. The van der Waals surface area contributed by atoms with Crippen molar-refractivity contribution < 1.29 is 48.3 Å². The van der Waals surface area contributed by atoms with Crippen molar-refractivity contribution in [3.63, 3.8) is 0 Å². The monoisotopic (exact) mass is 902 g/mol. The van der Waals surface area contributed by atoms with Crippen LogP contribution in [0.1, 0.15) is 63.7 Å². The number of carbonyl (C=O) groups excluding carboxylic acids is 4. The molecule has 336 valence electrons. The van der Waals surface area contributed by atoms with E-state index in [-0.39, 0.29) is 58.3 Å². The number of nitrogens with zero attached hydrogens (tertiary/aromatic N) is 2. The molecular weight excluding hydrogens is 861 g/mol. The van der Waals surface area contributed by atoms with Gasteiger partial charge in [0.2, 0.25) is 0 Å². The lowest BCUT2D eigenvalue weighted by Crippen LogP contribution is -2.42. The van der Waals surface area contributed by atoms with Crippen LogP contribution in [0.5, 0.6) is 46.0 Å². The fourth-order valence-electron chi connectivity index (χ4n) is 9.47. The summed E-state index contributed by atoms with van der Waals surface area (Å²) in [6.07, 6.45) is 0. The number of amides is 4. The fourth-order valence-corrected chi connectivity index (χ4v) is 9.47. The van der Waals surface area contributed by atoms with Gasteiger partial charge in [0.1, 0.15) is 46.0 Å². The highest BCUT2D eigenvalue weighted by Crippen LogP contribution is 2.57. The Kier molecular flexibility index (Phi) is 10.1. The van der Waals surface area contributed by atoms with E-state index in [1.807, 2.05) is 76.2 Å². The molecule has 68 heavy (non-hydrogen) atoms. The van der Waals surface area contributed by atoms with Crippen LogP contribution in [0, 0.1) is 27.7 Å². The first kappa shape index (κ1) is 42.3. The fraction of sp³-hybridized carbons (Fsp3) is 0.143. The molecule has 0 fully saturated rings. The van der Waals surface area contributed by atoms with E-state index in [4.69, 9.17) is 18.9 Å². The Morgan fingerprint density at radius 3 is 0.765 bits per heavy atom. The Morgan fingerprint density at radius 2 is 0.559 bits per heavy atom. The molecule has 2 aliphatic heterocycles. The van der Waals surface area contributed by atoms with Gasteiger partial charge in [-0.3, -0.25) is 29.0 Å². The predicted octanol–water partition coefficient (Wildman–Crippen LogP) is 11.3. The van der Waals surface area contributed by atoms with Crippen LogP contribution in [-0.4, -0.2) is 69.9 Å². The van der Waals surface area contributed by atoms with Crippen molar-refractivity contribution in [2.24, 2.45) is 0 Å². The van der Waals surface area contributed by atoms with Gasteiger partial charge in [0.15, 0.2) is 0 Å². The molecule has 2 heterocycles. The van der Waals surface area contributed by atoms with E-state index in [0.717, 1.165) is 32.1 Å². The third kappa shape index (κ3) is 6.75. The first-order valence-corrected chi connectivity index (χ1v) is 22.2. The molecule has 0 saturated heterocycles. The first-order chi connectivity index (χ1) is 32.9. The van der Waals surface area contributed by atoms with Gasteiger partial charge in [-0.2, -0.15) is 0 Å². The molecule has 0 radical (unpaired) electrons. The highest BCUT2D eigenvalue weighted by atomic mass is 16.5. The van der Waals surface area contributed by atoms with Crippen molar-refractivity contribution in [3.05, 3.63) is 166 Å². The minimum absolute atomic E-state index is 0.137. The molecule has 12 nitrogen and oxygen atoms in total. The van der Waals surface area contributed by atoms with Crippen LogP contribution in [0.4, 0.5) is 0 Å². The number of aliphatic hydroxyl groups is 2. The van der Waals surface area contributed by atoms with Crippen molar-refractivity contribution in [2.45, 2.75) is 27.7 Å². The Bertz CT molecular complexity index is 3120. The molecular formula is C56H42N2O10. The maximum Gasteiger partial charge on any atom is 0.261 e. The van der Waals surface area contributed by atoms with Crippen LogP contribution in [0.2, 0.25) is 0 Å². The number of carbonyl (C=O) groups is 4. The molecule has 0 atom stereocenters. The number of fused-ring (bicyclic) bond motifs is 2. The zero-order chi connectivity index (χ0) is 47.1. The van der Waals surface area contributed by atoms with E-state index in [0.29, 0.717) is 66.1 Å². The van der Waals surface area contributed by atoms with Crippen molar-refractivity contribution in [1.82, 2.24) is 9.80 Å². The van der Waals surface area contributed by atoms with Gasteiger partial charge in [0.05, 0.1) is 48.6 Å². The number of hydrogen-bond donors (Lipinski definition) is 2. The smallest absolute Gasteiger partial charge is 0.261 e. The lowest BCUT2D eigenvalue weighted by molar-refractivity contribution is 0.0566. The predicted molar refractivity (Wildman–Crippen MR) is 258 cm³/mol. The van der Waals surface area contributed by atoms with Gasteiger partial charge in [-0.05, 0) is 100 Å². The van der Waals surface area contributed by atoms with Gasteiger partial charge in [0.25, 0.3) is 23.6 Å². The molecule has 9 aromatic rings. The molecule has 2 aliphatic rings. The van der Waals surface area contributed by atoms with E-state index >= 15 is 0 Å². The van der Waals surface area contributed by atoms with Crippen molar-refractivity contribution in [3.8, 4) is 46.0 Å². The average molecular weight is 903 g/mol. The van der Waals surface area contributed by atoms with E-state index in [2.05, 4.69) is 0 Å². The summed E-state index contributed by atoms with van der Waals surface area (Å²) in [5.74, 6) is -0.0579. The summed E-state index contributed by atoms with van der Waals surface area (Å²) in [5, 5.41) is 23.3. The summed E-state index contributed by atoms with van der Waals surface area (Å²) in [7, 11) is 0. The van der Waals surface area contributed by atoms with Crippen molar-refractivity contribution >= 4 is 66.7 Å². The van der Waals surface area contributed by atoms with E-state index in [1.54, 1.807) is 72.8 Å². The number of aliphatic hydroxyl groups excluding tert-OH is 2. The van der Waals surface area contributed by atoms with Crippen LogP contribution in [-0.2, 0) is 0 Å². The van der Waals surface area contributed by atoms with Crippen LogP contribution >= 0.6 is 0 Å². The van der Waals surface area contributed by atoms with Gasteiger partial charge in [-0.1, -0.05) is 70.8 Å². The standard InChI is InChI=1S/C56H42N2O10/c1-29-5-13-33(14-6-29)65-41-25-37-45-38(54(62)57(21-23-59)53(37)61)27-43(67-35-17-9-31(3)10-18-35)49-50-44(68-36-19-11-32(4)12-20-36)28-40-46-39(55(63)58(22-24-60)56(40)64)26-42(48(52(46)50)47(41)51(45)49)66-34-15-7-30(2)8-16-34/h5-20,25-28,59-60H,21-24H2,1-4H3. The summed E-state index contributed by atoms with van der Waals surface area (Å²) in [6, 6.07) is 36.0. The minimum atomic E-state index is -0.640. The second-order valence-corrected chi connectivity index (χ2v) is 17.3. The van der Waals surface area contributed by atoms with Gasteiger partial charge >= 0.3 is 0 Å². The number of ether oxygens (including phenoxy) is 4. The maximum atomic E-state index is 14.7. The van der Waals surface area contributed by atoms with Crippen LogP contribution in [0.25, 0.3) is 43.1 Å². The Balaban J connectivity index is 1.40. The third-order valence-corrected chi connectivity index (χ3v) is 12.7. The number of hydrogen-bond acceptors (Lipinski definition) is 10. The summed E-state index contributed by atoms with van der Waals surface area (Å²) in [6.45, 7) is 6.33. The molecule has 12 heteroatoms. The molecule has 0 aliphatic carbocycles. The largest absolute Gasteiger partial charge is 0.457 e. The topological polar surface area (TPSA) is 152 Å². The molecule has 0 bridgehead atoms. The van der Waals surface area contributed by atoms with E-state index in [1.165, 1.54) is 0 Å². The number of aryl methyl sites for hydroxylation is 4. The Hall–Kier alpha value is -8.32. The molecule has 11 rings (SSSR count). The number of rotatable bonds is 12. The van der Waals surface area contributed by atoms with Crippen LogP contribution < -0.4 is 18.9 Å². The normalized spacial score (nSPS) is 13.4. The number of benzene rings is 9. The Labute approximate surface area is 389 Å². The van der Waals surface area contributed by atoms with Crippen molar-refractivity contribution in [2.75, 3.05) is 26.3 Å². The number of imide groups is 2. The molecule has 4 amide bonds. The van der Waals surface area contributed by atoms with Gasteiger partial charge in [0, 0.05) is 43.1 Å². The minimum Gasteiger partial charge on any atom is -0.457 e. The molecule has 0 unspecified atom stereocenters.